The van der Waals surface area contributed by atoms with Crippen LogP contribution in [0.2, 0.25) is 0 Å². The van der Waals surface area contributed by atoms with E-state index in [1.807, 2.05) is 12.1 Å². The van der Waals surface area contributed by atoms with Crippen molar-refractivity contribution < 1.29 is 31.5 Å². The fourth-order valence-corrected chi connectivity index (χ4v) is 3.65. The fourth-order valence-electron chi connectivity index (χ4n) is 3.65. The quantitative estimate of drug-likeness (QED) is 0.772. The van der Waals surface area contributed by atoms with E-state index in [4.69, 9.17) is 14.2 Å². The molecule has 1 unspecified atom stereocenters. The van der Waals surface area contributed by atoms with E-state index in [-0.39, 0.29) is 17.9 Å². The molecule has 0 fully saturated rings. The summed E-state index contributed by atoms with van der Waals surface area (Å²) in [7, 11) is 5.09. The van der Waals surface area contributed by atoms with Gasteiger partial charge < -0.3 is 31.5 Å². The second-order valence-corrected chi connectivity index (χ2v) is 7.34. The summed E-state index contributed by atoms with van der Waals surface area (Å²) in [5.74, 6) is 2.53. The molecular weight excluding hydrogens is 350 g/mol. The molecule has 3 rings (SSSR count). The first-order chi connectivity index (χ1) is 12.0. The van der Waals surface area contributed by atoms with Crippen molar-refractivity contribution in [3.63, 3.8) is 0 Å². The number of ether oxygens (including phenoxy) is 3. The van der Waals surface area contributed by atoms with Crippen molar-refractivity contribution in [1.82, 2.24) is 0 Å². The third-order valence-corrected chi connectivity index (χ3v) is 5.28. The van der Waals surface area contributed by atoms with E-state index in [1.165, 1.54) is 16.7 Å². The van der Waals surface area contributed by atoms with Gasteiger partial charge in [0.1, 0.15) is 18.8 Å². The normalized spacial score (nSPS) is 17.7. The van der Waals surface area contributed by atoms with Crippen LogP contribution in [0.25, 0.3) is 0 Å². The van der Waals surface area contributed by atoms with Crippen molar-refractivity contribution in [2.75, 3.05) is 21.3 Å². The lowest BCUT2D eigenvalue weighted by atomic mass is 9.85. The third kappa shape index (κ3) is 4.08. The van der Waals surface area contributed by atoms with Crippen molar-refractivity contribution in [1.29, 1.82) is 0 Å². The van der Waals surface area contributed by atoms with Crippen LogP contribution < -0.4 is 31.5 Å². The minimum atomic E-state index is 0. The Kier molecular flexibility index (Phi) is 6.43. The molecule has 5 heteroatoms. The standard InChI is InChI=1S/C21H27NO3.ClH/c1-21(2)12-16-10-19(24-4)20(25-5)11-17(16)14-22(21)13-15-6-8-18(23-3)9-7-15;/h6-11H,12-14H2,1-5H3;1H. The number of fused-ring (bicyclic) bond motifs is 1. The maximum atomic E-state index is 5.49. The molecule has 0 bridgehead atoms. The molecule has 4 nitrogen and oxygen atoms in total. The highest BCUT2D eigenvalue weighted by Gasteiger charge is 2.37. The first-order valence-electron chi connectivity index (χ1n) is 8.68. The second kappa shape index (κ2) is 8.19. The lowest BCUT2D eigenvalue weighted by Gasteiger charge is -2.40. The molecule has 1 heterocycles. The van der Waals surface area contributed by atoms with Gasteiger partial charge in [-0.15, -0.1) is 0 Å². The fraction of sp³-hybridized carbons (Fsp3) is 0.429. The molecule has 2 aromatic carbocycles. The first kappa shape index (κ1) is 20.4. The minimum Gasteiger partial charge on any atom is -1.00 e. The Hall–Kier alpha value is -1.91. The van der Waals surface area contributed by atoms with Gasteiger partial charge in [-0.2, -0.15) is 0 Å². The topological polar surface area (TPSA) is 32.1 Å². The highest BCUT2D eigenvalue weighted by molar-refractivity contribution is 5.48. The number of hydrogen-bond acceptors (Lipinski definition) is 3. The lowest BCUT2D eigenvalue weighted by molar-refractivity contribution is -0.977. The summed E-state index contributed by atoms with van der Waals surface area (Å²) in [6.45, 7) is 6.65. The second-order valence-electron chi connectivity index (χ2n) is 7.34. The molecule has 0 aromatic heterocycles. The molecule has 1 aliphatic heterocycles. The van der Waals surface area contributed by atoms with Crippen LogP contribution in [0.5, 0.6) is 17.2 Å². The van der Waals surface area contributed by atoms with Crippen molar-refractivity contribution in [3.8, 4) is 17.2 Å². The highest BCUT2D eigenvalue weighted by atomic mass is 35.5. The van der Waals surface area contributed by atoms with Gasteiger partial charge in [-0.25, -0.2) is 0 Å². The number of halogens is 1. The smallest absolute Gasteiger partial charge is 0.161 e. The van der Waals surface area contributed by atoms with E-state index >= 15 is 0 Å². The highest BCUT2D eigenvalue weighted by Crippen LogP contribution is 2.33. The largest absolute Gasteiger partial charge is 1.00 e. The molecule has 0 aliphatic carbocycles. The van der Waals surface area contributed by atoms with Gasteiger partial charge >= 0.3 is 0 Å². The molecule has 1 N–H and O–H groups in total. The maximum absolute atomic E-state index is 5.49. The summed E-state index contributed by atoms with van der Waals surface area (Å²) in [5, 5.41) is 0. The van der Waals surface area contributed by atoms with E-state index in [0.717, 1.165) is 36.8 Å². The van der Waals surface area contributed by atoms with E-state index in [2.05, 4.69) is 38.1 Å². The summed E-state index contributed by atoms with van der Waals surface area (Å²) >= 11 is 0. The molecule has 0 spiro atoms. The molecule has 26 heavy (non-hydrogen) atoms. The van der Waals surface area contributed by atoms with Gasteiger partial charge in [0.25, 0.3) is 0 Å². The van der Waals surface area contributed by atoms with Crippen molar-refractivity contribution in [2.24, 2.45) is 0 Å². The van der Waals surface area contributed by atoms with Crippen LogP contribution in [0, 0.1) is 0 Å². The number of rotatable bonds is 5. The Balaban J connectivity index is 0.00000243. The Bertz CT molecular complexity index is 744. The molecule has 0 saturated heterocycles. The SMILES string of the molecule is COc1ccc(C[NH+]2Cc3cc(OC)c(OC)cc3CC2(C)C)cc1.[Cl-]. The zero-order valence-corrected chi connectivity index (χ0v) is 16.9. The number of quaternary nitrogens is 1. The predicted molar refractivity (Wildman–Crippen MR) is 98.7 cm³/mol. The van der Waals surface area contributed by atoms with Crippen LogP contribution >= 0.6 is 0 Å². The molecule has 0 radical (unpaired) electrons. The first-order valence-corrected chi connectivity index (χ1v) is 8.68. The summed E-state index contributed by atoms with van der Waals surface area (Å²) in [6.07, 6.45) is 1.02. The number of nitrogens with one attached hydrogen (secondary N) is 1. The van der Waals surface area contributed by atoms with Gasteiger partial charge in [0.2, 0.25) is 0 Å². The van der Waals surface area contributed by atoms with Gasteiger partial charge in [-0.05, 0) is 55.8 Å². The molecule has 1 aliphatic rings. The van der Waals surface area contributed by atoms with E-state index < -0.39 is 0 Å². The third-order valence-electron chi connectivity index (χ3n) is 5.28. The van der Waals surface area contributed by atoms with Crippen molar-refractivity contribution in [3.05, 3.63) is 53.1 Å². The van der Waals surface area contributed by atoms with Crippen LogP contribution in [-0.4, -0.2) is 26.9 Å². The van der Waals surface area contributed by atoms with Gasteiger partial charge in [0, 0.05) is 17.5 Å². The molecule has 142 valence electrons. The number of benzene rings is 2. The van der Waals surface area contributed by atoms with Gasteiger partial charge in [0.15, 0.2) is 11.5 Å². The Morgan fingerprint density at radius 2 is 1.46 bits per heavy atom. The van der Waals surface area contributed by atoms with Gasteiger partial charge in [0.05, 0.1) is 26.9 Å². The monoisotopic (exact) mass is 377 g/mol. The molecule has 2 aromatic rings. The summed E-state index contributed by atoms with van der Waals surface area (Å²) in [6, 6.07) is 12.7. The molecular formula is C21H28ClNO3. The van der Waals surface area contributed by atoms with Gasteiger partial charge in [-0.1, -0.05) is 0 Å². The average Bonchev–Trinajstić information content (AvgIpc) is 2.61. The molecule has 1 atom stereocenters. The van der Waals surface area contributed by atoms with Gasteiger partial charge in [-0.3, -0.25) is 0 Å². The summed E-state index contributed by atoms with van der Waals surface area (Å²) in [4.78, 5) is 1.55. The van der Waals surface area contributed by atoms with E-state index in [1.54, 1.807) is 26.2 Å². The van der Waals surface area contributed by atoms with E-state index in [0.29, 0.717) is 0 Å². The minimum absolute atomic E-state index is 0. The summed E-state index contributed by atoms with van der Waals surface area (Å²) < 4.78 is 16.2. The number of methoxy groups -OCH3 is 3. The van der Waals surface area contributed by atoms with Crippen LogP contribution in [0.3, 0.4) is 0 Å². The van der Waals surface area contributed by atoms with Crippen LogP contribution in [-0.2, 0) is 19.5 Å². The number of hydrogen-bond donors (Lipinski definition) is 1. The summed E-state index contributed by atoms with van der Waals surface area (Å²) in [5.41, 5.74) is 4.20. The Morgan fingerprint density at radius 1 is 0.885 bits per heavy atom. The Morgan fingerprint density at radius 3 is 2.00 bits per heavy atom. The van der Waals surface area contributed by atoms with Crippen LogP contribution in [0.15, 0.2) is 36.4 Å². The maximum Gasteiger partial charge on any atom is 0.161 e. The van der Waals surface area contributed by atoms with Crippen molar-refractivity contribution >= 4 is 0 Å². The molecule has 0 saturated carbocycles. The molecule has 0 amide bonds. The Labute approximate surface area is 162 Å². The van der Waals surface area contributed by atoms with Crippen LogP contribution in [0.1, 0.15) is 30.5 Å². The average molecular weight is 378 g/mol. The zero-order chi connectivity index (χ0) is 18.0. The van der Waals surface area contributed by atoms with Crippen LogP contribution in [0.4, 0.5) is 0 Å². The predicted octanol–water partition coefficient (Wildman–Crippen LogP) is -0.364. The zero-order valence-electron chi connectivity index (χ0n) is 16.2. The lowest BCUT2D eigenvalue weighted by Crippen LogP contribution is -3.18. The van der Waals surface area contributed by atoms with E-state index in [9.17, 15) is 0 Å². The van der Waals surface area contributed by atoms with Crippen molar-refractivity contribution in [2.45, 2.75) is 38.9 Å².